The standard InChI is InChI=1S/C20H25N3O4S/c21-15-17(14-16-6-2-1-3-7-16)20-8-4-5-13-22(20)28(26,27)19-11-9-18(10-12-19)23(24)25/h1-3,6-7,9-12,17,20H,4-5,8,13-15,21H2/t17-,20+/m0/s1. The Balaban J connectivity index is 1.87. The van der Waals surface area contributed by atoms with Crippen molar-refractivity contribution in [3.05, 3.63) is 70.3 Å². The summed E-state index contributed by atoms with van der Waals surface area (Å²) in [4.78, 5) is 10.4. The first-order valence-corrected chi connectivity index (χ1v) is 10.9. The molecule has 1 heterocycles. The summed E-state index contributed by atoms with van der Waals surface area (Å²) < 4.78 is 28.1. The lowest BCUT2D eigenvalue weighted by Gasteiger charge is -2.39. The molecule has 8 heteroatoms. The molecule has 0 unspecified atom stereocenters. The second-order valence-electron chi connectivity index (χ2n) is 7.12. The average molecular weight is 404 g/mol. The maximum Gasteiger partial charge on any atom is 0.269 e. The van der Waals surface area contributed by atoms with Gasteiger partial charge in [-0.1, -0.05) is 36.8 Å². The van der Waals surface area contributed by atoms with E-state index in [4.69, 9.17) is 5.73 Å². The molecular weight excluding hydrogens is 378 g/mol. The van der Waals surface area contributed by atoms with Crippen LogP contribution in [0.4, 0.5) is 5.69 Å². The van der Waals surface area contributed by atoms with Crippen LogP contribution in [0.5, 0.6) is 0 Å². The first-order chi connectivity index (χ1) is 13.4. The van der Waals surface area contributed by atoms with Crippen LogP contribution >= 0.6 is 0 Å². The van der Waals surface area contributed by atoms with Gasteiger partial charge in [-0.15, -0.1) is 0 Å². The molecule has 0 saturated carbocycles. The van der Waals surface area contributed by atoms with Crippen LogP contribution in [0.1, 0.15) is 24.8 Å². The number of nitro benzene ring substituents is 1. The number of piperidine rings is 1. The van der Waals surface area contributed by atoms with Crippen molar-refractivity contribution in [2.24, 2.45) is 11.7 Å². The smallest absolute Gasteiger partial charge is 0.269 e. The number of hydrogen-bond donors (Lipinski definition) is 1. The molecule has 0 spiro atoms. The number of nitrogens with zero attached hydrogens (tertiary/aromatic N) is 2. The molecule has 1 saturated heterocycles. The SMILES string of the molecule is NC[C@H](Cc1ccccc1)[C@H]1CCCCN1S(=O)(=O)c1ccc([N+](=O)[O-])cc1. The number of non-ortho nitro benzene ring substituents is 1. The highest BCUT2D eigenvalue weighted by molar-refractivity contribution is 7.89. The van der Waals surface area contributed by atoms with Crippen molar-refractivity contribution in [2.75, 3.05) is 13.1 Å². The number of benzene rings is 2. The Morgan fingerprint density at radius 3 is 2.39 bits per heavy atom. The van der Waals surface area contributed by atoms with Gasteiger partial charge in [0.1, 0.15) is 0 Å². The van der Waals surface area contributed by atoms with E-state index in [1.54, 1.807) is 4.31 Å². The van der Waals surface area contributed by atoms with Crippen molar-refractivity contribution in [1.82, 2.24) is 4.31 Å². The minimum absolute atomic E-state index is 0.00974. The molecule has 1 aliphatic rings. The Kier molecular flexibility index (Phi) is 6.43. The molecule has 1 aliphatic heterocycles. The van der Waals surface area contributed by atoms with Gasteiger partial charge in [-0.2, -0.15) is 4.31 Å². The Labute approximate surface area is 165 Å². The van der Waals surface area contributed by atoms with Crippen LogP contribution in [0.15, 0.2) is 59.5 Å². The van der Waals surface area contributed by atoms with E-state index in [1.165, 1.54) is 24.3 Å². The number of hydrogen-bond acceptors (Lipinski definition) is 5. The molecule has 0 radical (unpaired) electrons. The van der Waals surface area contributed by atoms with Gasteiger partial charge in [0, 0.05) is 24.7 Å². The molecule has 0 amide bonds. The topological polar surface area (TPSA) is 107 Å². The summed E-state index contributed by atoms with van der Waals surface area (Å²) in [7, 11) is -3.75. The lowest BCUT2D eigenvalue weighted by atomic mass is 9.87. The first-order valence-electron chi connectivity index (χ1n) is 9.44. The number of nitrogens with two attached hydrogens (primary N) is 1. The third-order valence-corrected chi connectivity index (χ3v) is 7.28. The maximum atomic E-state index is 13.3. The van der Waals surface area contributed by atoms with Gasteiger partial charge in [0.25, 0.3) is 5.69 Å². The highest BCUT2D eigenvalue weighted by Crippen LogP contribution is 2.31. The van der Waals surface area contributed by atoms with Crippen molar-refractivity contribution in [3.8, 4) is 0 Å². The van der Waals surface area contributed by atoms with Gasteiger partial charge < -0.3 is 5.73 Å². The van der Waals surface area contributed by atoms with Crippen LogP contribution < -0.4 is 5.73 Å². The van der Waals surface area contributed by atoms with E-state index in [2.05, 4.69) is 0 Å². The molecule has 2 N–H and O–H groups in total. The summed E-state index contributed by atoms with van der Waals surface area (Å²) in [6.45, 7) is 0.834. The van der Waals surface area contributed by atoms with E-state index >= 15 is 0 Å². The molecule has 7 nitrogen and oxygen atoms in total. The number of nitro groups is 1. The van der Waals surface area contributed by atoms with Crippen LogP contribution in [0.25, 0.3) is 0 Å². The molecule has 0 bridgehead atoms. The largest absolute Gasteiger partial charge is 0.330 e. The Hall–Kier alpha value is -2.29. The first kappa shape index (κ1) is 20.4. The zero-order valence-corrected chi connectivity index (χ0v) is 16.4. The summed E-state index contributed by atoms with van der Waals surface area (Å²) in [5.74, 6) is 0.00974. The lowest BCUT2D eigenvalue weighted by molar-refractivity contribution is -0.384. The van der Waals surface area contributed by atoms with Crippen LogP contribution in [-0.2, 0) is 16.4 Å². The minimum atomic E-state index is -3.75. The predicted molar refractivity (Wildman–Crippen MR) is 107 cm³/mol. The van der Waals surface area contributed by atoms with Gasteiger partial charge in [-0.3, -0.25) is 10.1 Å². The average Bonchev–Trinajstić information content (AvgIpc) is 2.73. The van der Waals surface area contributed by atoms with Crippen LogP contribution in [0.3, 0.4) is 0 Å². The third kappa shape index (κ3) is 4.40. The highest BCUT2D eigenvalue weighted by Gasteiger charge is 2.37. The molecular formula is C20H25N3O4S. The second kappa shape index (κ2) is 8.81. The van der Waals surface area contributed by atoms with Crippen LogP contribution in [-0.4, -0.2) is 36.8 Å². The molecule has 2 atom stereocenters. The molecule has 28 heavy (non-hydrogen) atoms. The van der Waals surface area contributed by atoms with E-state index in [9.17, 15) is 18.5 Å². The fraction of sp³-hybridized carbons (Fsp3) is 0.400. The molecule has 2 aromatic carbocycles. The summed E-state index contributed by atoms with van der Waals surface area (Å²) in [5, 5.41) is 10.8. The zero-order valence-electron chi connectivity index (χ0n) is 15.6. The van der Waals surface area contributed by atoms with E-state index < -0.39 is 14.9 Å². The van der Waals surface area contributed by atoms with Gasteiger partial charge in [-0.05, 0) is 49.4 Å². The molecule has 150 valence electrons. The van der Waals surface area contributed by atoms with Crippen LogP contribution in [0.2, 0.25) is 0 Å². The predicted octanol–water partition coefficient (Wildman–Crippen LogP) is 2.96. The molecule has 2 aromatic rings. The maximum absolute atomic E-state index is 13.3. The highest BCUT2D eigenvalue weighted by atomic mass is 32.2. The quantitative estimate of drug-likeness (QED) is 0.565. The Morgan fingerprint density at radius 2 is 1.79 bits per heavy atom. The van der Waals surface area contributed by atoms with Gasteiger partial charge in [0.15, 0.2) is 0 Å². The van der Waals surface area contributed by atoms with Gasteiger partial charge in [-0.25, -0.2) is 8.42 Å². The minimum Gasteiger partial charge on any atom is -0.330 e. The Morgan fingerprint density at radius 1 is 1.11 bits per heavy atom. The molecule has 3 rings (SSSR count). The van der Waals surface area contributed by atoms with Crippen molar-refractivity contribution in [1.29, 1.82) is 0 Å². The van der Waals surface area contributed by atoms with Crippen molar-refractivity contribution >= 4 is 15.7 Å². The molecule has 0 aromatic heterocycles. The fourth-order valence-electron chi connectivity index (χ4n) is 3.87. The van der Waals surface area contributed by atoms with E-state index in [-0.39, 0.29) is 22.5 Å². The monoisotopic (exact) mass is 403 g/mol. The van der Waals surface area contributed by atoms with Gasteiger partial charge >= 0.3 is 0 Å². The molecule has 1 fully saturated rings. The summed E-state index contributed by atoms with van der Waals surface area (Å²) in [6, 6.07) is 14.9. The van der Waals surface area contributed by atoms with Crippen molar-refractivity contribution in [2.45, 2.75) is 36.6 Å². The summed E-state index contributed by atoms with van der Waals surface area (Å²) in [6.07, 6.45) is 3.24. The second-order valence-corrected chi connectivity index (χ2v) is 9.01. The number of sulfonamides is 1. The summed E-state index contributed by atoms with van der Waals surface area (Å²) in [5.41, 5.74) is 7.06. The van der Waals surface area contributed by atoms with E-state index in [0.717, 1.165) is 24.8 Å². The molecule has 0 aliphatic carbocycles. The Bertz CT molecular complexity index is 901. The van der Waals surface area contributed by atoms with Crippen molar-refractivity contribution in [3.63, 3.8) is 0 Å². The third-order valence-electron chi connectivity index (χ3n) is 5.34. The van der Waals surface area contributed by atoms with Crippen LogP contribution in [0, 0.1) is 16.0 Å². The summed E-state index contributed by atoms with van der Waals surface area (Å²) >= 11 is 0. The normalized spacial score (nSPS) is 19.2. The van der Waals surface area contributed by atoms with Crippen molar-refractivity contribution < 1.29 is 13.3 Å². The van der Waals surface area contributed by atoms with E-state index in [0.29, 0.717) is 19.5 Å². The van der Waals surface area contributed by atoms with Gasteiger partial charge in [0.2, 0.25) is 10.0 Å². The number of rotatable bonds is 7. The zero-order chi connectivity index (χ0) is 20.1. The lowest BCUT2D eigenvalue weighted by Crippen LogP contribution is -2.49. The van der Waals surface area contributed by atoms with Gasteiger partial charge in [0.05, 0.1) is 9.82 Å². The van der Waals surface area contributed by atoms with E-state index in [1.807, 2.05) is 30.3 Å². The fourth-order valence-corrected chi connectivity index (χ4v) is 5.62.